The summed E-state index contributed by atoms with van der Waals surface area (Å²) >= 11 is 0. The zero-order chi connectivity index (χ0) is 16.8. The summed E-state index contributed by atoms with van der Waals surface area (Å²) in [6.07, 6.45) is 11.5. The van der Waals surface area contributed by atoms with E-state index in [1.807, 2.05) is 0 Å². The molecule has 1 aromatic carbocycles. The van der Waals surface area contributed by atoms with Gasteiger partial charge < -0.3 is 0 Å². The molecule has 0 radical (unpaired) electrons. The second kappa shape index (κ2) is 8.46. The van der Waals surface area contributed by atoms with E-state index in [4.69, 9.17) is 4.98 Å². The predicted molar refractivity (Wildman–Crippen MR) is 103 cm³/mol. The number of aromatic nitrogens is 1. The fourth-order valence-electron chi connectivity index (χ4n) is 3.92. The molecule has 0 fully saturated rings. The van der Waals surface area contributed by atoms with E-state index in [0.29, 0.717) is 0 Å². The molecule has 0 aliphatic heterocycles. The molecule has 1 heteroatoms. The Balaban J connectivity index is 1.69. The Hall–Kier alpha value is -1.63. The summed E-state index contributed by atoms with van der Waals surface area (Å²) in [4.78, 5) is 4.98. The van der Waals surface area contributed by atoms with Gasteiger partial charge in [-0.3, -0.25) is 4.98 Å². The third-order valence-corrected chi connectivity index (χ3v) is 5.38. The Bertz CT molecular complexity index is 642. The van der Waals surface area contributed by atoms with Gasteiger partial charge in [0.05, 0.1) is 5.69 Å². The Labute approximate surface area is 147 Å². The first-order chi connectivity index (χ1) is 11.8. The highest BCUT2D eigenvalue weighted by Crippen LogP contribution is 2.29. The van der Waals surface area contributed by atoms with Crippen LogP contribution in [0, 0.1) is 5.92 Å². The van der Waals surface area contributed by atoms with Crippen LogP contribution in [-0.4, -0.2) is 4.98 Å². The molecule has 24 heavy (non-hydrogen) atoms. The lowest BCUT2D eigenvalue weighted by Gasteiger charge is -2.24. The molecular formula is C23H31N. The number of benzene rings is 1. The van der Waals surface area contributed by atoms with Crippen molar-refractivity contribution in [2.75, 3.05) is 0 Å². The van der Waals surface area contributed by atoms with Gasteiger partial charge in [0, 0.05) is 11.3 Å². The number of hydrogen-bond acceptors (Lipinski definition) is 1. The minimum atomic E-state index is 0.873. The molecule has 1 nitrogen and oxygen atoms in total. The molecule has 0 saturated heterocycles. The lowest BCUT2D eigenvalue weighted by molar-refractivity contribution is 0.418. The third kappa shape index (κ3) is 4.26. The van der Waals surface area contributed by atoms with E-state index >= 15 is 0 Å². The van der Waals surface area contributed by atoms with Gasteiger partial charge in [-0.2, -0.15) is 0 Å². The molecule has 1 aromatic heterocycles. The number of unbranched alkanes of at least 4 members (excludes halogenated alkanes) is 2. The highest BCUT2D eigenvalue weighted by molar-refractivity contribution is 5.60. The SMILES string of the molecule is CCCCCc1ccc(-c2ccc3c(n2)CC[C@@H](CCC)C3)cc1. The van der Waals surface area contributed by atoms with Crippen LogP contribution >= 0.6 is 0 Å². The van der Waals surface area contributed by atoms with Crippen molar-refractivity contribution in [2.24, 2.45) is 5.92 Å². The van der Waals surface area contributed by atoms with Gasteiger partial charge in [0.25, 0.3) is 0 Å². The van der Waals surface area contributed by atoms with Gasteiger partial charge in [0.1, 0.15) is 0 Å². The minimum Gasteiger partial charge on any atom is -0.253 e. The molecule has 0 amide bonds. The zero-order valence-electron chi connectivity index (χ0n) is 15.4. The van der Waals surface area contributed by atoms with Gasteiger partial charge in [-0.15, -0.1) is 0 Å². The van der Waals surface area contributed by atoms with Crippen molar-refractivity contribution in [3.05, 3.63) is 53.2 Å². The van der Waals surface area contributed by atoms with E-state index in [2.05, 4.69) is 50.2 Å². The lowest BCUT2D eigenvalue weighted by Crippen LogP contribution is -2.15. The Morgan fingerprint density at radius 3 is 2.54 bits per heavy atom. The number of pyridine rings is 1. The summed E-state index contributed by atoms with van der Waals surface area (Å²) < 4.78 is 0. The first-order valence-electron chi connectivity index (χ1n) is 9.88. The Kier molecular flexibility index (Phi) is 6.07. The van der Waals surface area contributed by atoms with Crippen LogP contribution in [0.4, 0.5) is 0 Å². The van der Waals surface area contributed by atoms with E-state index < -0.39 is 0 Å². The van der Waals surface area contributed by atoms with Gasteiger partial charge in [0.2, 0.25) is 0 Å². The van der Waals surface area contributed by atoms with Crippen LogP contribution in [0.15, 0.2) is 36.4 Å². The quantitative estimate of drug-likeness (QED) is 0.539. The minimum absolute atomic E-state index is 0.873. The average molecular weight is 322 g/mol. The second-order valence-electron chi connectivity index (χ2n) is 7.35. The van der Waals surface area contributed by atoms with Crippen molar-refractivity contribution in [3.8, 4) is 11.3 Å². The van der Waals surface area contributed by atoms with Crippen molar-refractivity contribution in [1.29, 1.82) is 0 Å². The van der Waals surface area contributed by atoms with E-state index in [0.717, 1.165) is 18.0 Å². The normalized spacial score (nSPS) is 16.8. The maximum absolute atomic E-state index is 4.98. The maximum atomic E-state index is 4.98. The van der Waals surface area contributed by atoms with Gasteiger partial charge >= 0.3 is 0 Å². The second-order valence-corrected chi connectivity index (χ2v) is 7.35. The van der Waals surface area contributed by atoms with Crippen LogP contribution in [0.3, 0.4) is 0 Å². The summed E-state index contributed by atoms with van der Waals surface area (Å²) in [6.45, 7) is 4.55. The largest absolute Gasteiger partial charge is 0.253 e. The van der Waals surface area contributed by atoms with Crippen molar-refractivity contribution in [3.63, 3.8) is 0 Å². The average Bonchev–Trinajstić information content (AvgIpc) is 2.62. The van der Waals surface area contributed by atoms with E-state index in [1.165, 1.54) is 73.8 Å². The molecule has 1 aliphatic carbocycles. The van der Waals surface area contributed by atoms with Crippen LogP contribution in [0.1, 0.15) is 69.2 Å². The standard InChI is InChI=1S/C23H31N/c1-3-5-6-8-18-9-12-20(13-10-18)22-16-14-21-17-19(7-4-2)11-15-23(21)24-22/h9-10,12-14,16,19H,3-8,11,15,17H2,1-2H3/t19-/m1/s1. The van der Waals surface area contributed by atoms with E-state index in [1.54, 1.807) is 0 Å². The van der Waals surface area contributed by atoms with Crippen molar-refractivity contribution >= 4 is 0 Å². The number of hydrogen-bond donors (Lipinski definition) is 0. The molecule has 0 unspecified atom stereocenters. The molecule has 1 heterocycles. The van der Waals surface area contributed by atoms with Gasteiger partial charge in [-0.05, 0) is 55.2 Å². The number of aryl methyl sites for hydroxylation is 2. The maximum Gasteiger partial charge on any atom is 0.0705 e. The topological polar surface area (TPSA) is 12.9 Å². The lowest BCUT2D eigenvalue weighted by atomic mass is 9.84. The zero-order valence-corrected chi connectivity index (χ0v) is 15.4. The summed E-state index contributed by atoms with van der Waals surface area (Å²) in [5.74, 6) is 0.873. The molecule has 1 aliphatic rings. The Morgan fingerprint density at radius 1 is 0.958 bits per heavy atom. The van der Waals surface area contributed by atoms with Crippen molar-refractivity contribution in [2.45, 2.75) is 71.6 Å². The molecular weight excluding hydrogens is 290 g/mol. The number of nitrogens with zero attached hydrogens (tertiary/aromatic N) is 1. The summed E-state index contributed by atoms with van der Waals surface area (Å²) in [5.41, 5.74) is 6.68. The van der Waals surface area contributed by atoms with Crippen molar-refractivity contribution < 1.29 is 0 Å². The molecule has 128 valence electrons. The first kappa shape index (κ1) is 17.2. The van der Waals surface area contributed by atoms with Crippen molar-refractivity contribution in [1.82, 2.24) is 4.98 Å². The van der Waals surface area contributed by atoms with E-state index in [-0.39, 0.29) is 0 Å². The smallest absolute Gasteiger partial charge is 0.0705 e. The van der Waals surface area contributed by atoms with Gasteiger partial charge in [0.15, 0.2) is 0 Å². The molecule has 3 rings (SSSR count). The van der Waals surface area contributed by atoms with Crippen LogP contribution in [-0.2, 0) is 19.3 Å². The van der Waals surface area contributed by atoms with Crippen LogP contribution in [0.2, 0.25) is 0 Å². The Morgan fingerprint density at radius 2 is 1.79 bits per heavy atom. The fraction of sp³-hybridized carbons (Fsp3) is 0.522. The number of rotatable bonds is 7. The van der Waals surface area contributed by atoms with Gasteiger partial charge in [-0.25, -0.2) is 0 Å². The summed E-state index contributed by atoms with van der Waals surface area (Å²) in [7, 11) is 0. The van der Waals surface area contributed by atoms with E-state index in [9.17, 15) is 0 Å². The molecule has 1 atom stereocenters. The van der Waals surface area contributed by atoms with Crippen LogP contribution < -0.4 is 0 Å². The fourth-order valence-corrected chi connectivity index (χ4v) is 3.92. The summed E-state index contributed by atoms with van der Waals surface area (Å²) in [5, 5.41) is 0. The molecule has 0 saturated carbocycles. The molecule has 0 N–H and O–H groups in total. The molecule has 0 bridgehead atoms. The molecule has 2 aromatic rings. The highest BCUT2D eigenvalue weighted by atomic mass is 14.7. The number of fused-ring (bicyclic) bond motifs is 1. The monoisotopic (exact) mass is 321 g/mol. The highest BCUT2D eigenvalue weighted by Gasteiger charge is 2.19. The first-order valence-corrected chi connectivity index (χ1v) is 9.88. The molecule has 0 spiro atoms. The predicted octanol–water partition coefficient (Wildman–Crippen LogP) is 6.39. The van der Waals surface area contributed by atoms with Gasteiger partial charge in [-0.1, -0.05) is 69.9 Å². The van der Waals surface area contributed by atoms with Crippen LogP contribution in [0.25, 0.3) is 11.3 Å². The van der Waals surface area contributed by atoms with Crippen LogP contribution in [0.5, 0.6) is 0 Å². The third-order valence-electron chi connectivity index (χ3n) is 5.38. The summed E-state index contributed by atoms with van der Waals surface area (Å²) in [6, 6.07) is 13.6.